The zero-order chi connectivity index (χ0) is 53.2. The van der Waals surface area contributed by atoms with Gasteiger partial charge in [-0.15, -0.1) is 0 Å². The molecule has 18 nitrogen and oxygen atoms in total. The summed E-state index contributed by atoms with van der Waals surface area (Å²) in [7, 11) is 5.26. The summed E-state index contributed by atoms with van der Waals surface area (Å²) in [6.45, 7) is 19.6. The Bertz CT molecular complexity index is 1820. The van der Waals surface area contributed by atoms with Crippen molar-refractivity contribution in [1.29, 1.82) is 0 Å². The van der Waals surface area contributed by atoms with Gasteiger partial charge in [-0.05, 0) is 118 Å². The minimum absolute atomic E-state index is 0.0943. The molecule has 0 radical (unpaired) electrons. The lowest BCUT2D eigenvalue weighted by Gasteiger charge is -2.48. The van der Waals surface area contributed by atoms with E-state index in [2.05, 4.69) is 10.2 Å². The molecule has 3 saturated heterocycles. The SMILES string of the molecule is CC[C@H]1OC(=O)[C@H](C)[C@@H](O[C@H]2C[C@@](C)(OC)[C@@H](O)[C@H](C)O2)[C@H](C)[C@@H](O[C@@H]2O[C@H](C)C[C@H](N(C)C)[C@H]2O)[C@](C)(O)C[C@@H](C)CN(CCCN(CCC(N)=O)C(=S)NCCc2ccccc2)[C@H](C)[C@@H](O)[C@]1(C)O. The number of esters is 1. The van der Waals surface area contributed by atoms with Crippen LogP contribution in [0.5, 0.6) is 0 Å². The van der Waals surface area contributed by atoms with Crippen molar-refractivity contribution in [2.75, 3.05) is 53.9 Å². The minimum atomic E-state index is -1.94. The Labute approximate surface area is 429 Å². The molecule has 408 valence electrons. The van der Waals surface area contributed by atoms with Crippen molar-refractivity contribution in [3.8, 4) is 0 Å². The van der Waals surface area contributed by atoms with Crippen LogP contribution in [-0.4, -0.2) is 201 Å². The maximum absolute atomic E-state index is 14.6. The highest BCUT2D eigenvalue weighted by Gasteiger charge is 2.53. The van der Waals surface area contributed by atoms with Crippen molar-refractivity contribution in [2.24, 2.45) is 23.5 Å². The molecule has 71 heavy (non-hydrogen) atoms. The highest BCUT2D eigenvalue weighted by atomic mass is 32.1. The predicted molar refractivity (Wildman–Crippen MR) is 274 cm³/mol. The Kier molecular flexibility index (Phi) is 22.9. The minimum Gasteiger partial charge on any atom is -0.459 e. The summed E-state index contributed by atoms with van der Waals surface area (Å²) in [6, 6.07) is 9.01. The maximum Gasteiger partial charge on any atom is 0.311 e. The molecule has 18 atom stereocenters. The molecule has 0 aliphatic carbocycles. The van der Waals surface area contributed by atoms with Gasteiger partial charge in [-0.25, -0.2) is 0 Å². The zero-order valence-corrected chi connectivity index (χ0v) is 45.7. The number of carbonyl (C=O) groups is 2. The van der Waals surface area contributed by atoms with E-state index in [1.54, 1.807) is 34.6 Å². The fourth-order valence-corrected chi connectivity index (χ4v) is 11.3. The van der Waals surface area contributed by atoms with E-state index in [0.717, 1.165) is 12.0 Å². The number of hydrogen-bond donors (Lipinski definition) is 7. The van der Waals surface area contributed by atoms with Gasteiger partial charge in [0.15, 0.2) is 17.7 Å². The quantitative estimate of drug-likeness (QED) is 0.0877. The lowest BCUT2D eigenvalue weighted by molar-refractivity contribution is -0.318. The molecule has 3 aliphatic heterocycles. The van der Waals surface area contributed by atoms with Gasteiger partial charge in [0.25, 0.3) is 0 Å². The summed E-state index contributed by atoms with van der Waals surface area (Å²) in [5.41, 5.74) is 2.07. The number of nitrogens with two attached hydrogens (primary N) is 1. The molecule has 0 spiro atoms. The summed E-state index contributed by atoms with van der Waals surface area (Å²) >= 11 is 5.84. The van der Waals surface area contributed by atoms with Gasteiger partial charge in [0, 0.05) is 70.7 Å². The number of methoxy groups -OCH3 is 1. The van der Waals surface area contributed by atoms with E-state index in [1.165, 1.54) is 14.0 Å². The molecule has 0 unspecified atom stereocenters. The van der Waals surface area contributed by atoms with Crippen LogP contribution in [0.2, 0.25) is 0 Å². The monoisotopic (exact) mass is 1030 g/mol. The van der Waals surface area contributed by atoms with Crippen molar-refractivity contribution in [2.45, 2.75) is 204 Å². The number of likely N-dealkylation sites (N-methyl/N-ethyl adjacent to an activating group) is 1. The molecule has 3 fully saturated rings. The zero-order valence-electron chi connectivity index (χ0n) is 44.9. The Hall–Kier alpha value is -2.63. The number of cyclic esters (lactones) is 1. The number of nitrogens with zero attached hydrogens (tertiary/aromatic N) is 3. The number of carbonyl (C=O) groups excluding carboxylic acids is 2. The van der Waals surface area contributed by atoms with Crippen LogP contribution >= 0.6 is 12.2 Å². The number of aliphatic hydroxyl groups excluding tert-OH is 3. The Morgan fingerprint density at radius 2 is 1.63 bits per heavy atom. The normalized spacial score (nSPS) is 39.3. The molecule has 4 rings (SSSR count). The van der Waals surface area contributed by atoms with Crippen LogP contribution in [0.1, 0.15) is 113 Å². The maximum atomic E-state index is 14.6. The third kappa shape index (κ3) is 16.2. The molecule has 3 heterocycles. The lowest BCUT2D eigenvalue weighted by atomic mass is 9.77. The third-order valence-electron chi connectivity index (χ3n) is 15.4. The average molecular weight is 1030 g/mol. The molecule has 1 aromatic carbocycles. The van der Waals surface area contributed by atoms with Gasteiger partial charge in [-0.2, -0.15) is 0 Å². The van der Waals surface area contributed by atoms with Crippen molar-refractivity contribution in [3.05, 3.63) is 35.9 Å². The van der Waals surface area contributed by atoms with Crippen LogP contribution < -0.4 is 11.1 Å². The molecule has 1 aromatic rings. The van der Waals surface area contributed by atoms with Crippen molar-refractivity contribution in [3.63, 3.8) is 0 Å². The second kappa shape index (κ2) is 26.7. The molecular formula is C52H91N5O13S. The average Bonchev–Trinajstić information content (AvgIpc) is 3.30. The Morgan fingerprint density at radius 3 is 2.24 bits per heavy atom. The number of hydrogen-bond acceptors (Lipinski definition) is 16. The van der Waals surface area contributed by atoms with E-state index >= 15 is 0 Å². The first kappa shape index (κ1) is 60.9. The van der Waals surface area contributed by atoms with E-state index in [1.807, 2.05) is 81.9 Å². The summed E-state index contributed by atoms with van der Waals surface area (Å²) < 4.78 is 38.2. The number of ether oxygens (including phenoxy) is 6. The number of rotatable bonds is 17. The van der Waals surface area contributed by atoms with Crippen LogP contribution in [-0.2, 0) is 44.4 Å². The van der Waals surface area contributed by atoms with E-state index in [0.29, 0.717) is 50.7 Å². The first-order valence-electron chi connectivity index (χ1n) is 25.8. The second-order valence-corrected chi connectivity index (χ2v) is 22.1. The van der Waals surface area contributed by atoms with Gasteiger partial charge in [0.05, 0.1) is 41.5 Å². The van der Waals surface area contributed by atoms with Gasteiger partial charge >= 0.3 is 5.97 Å². The molecule has 3 aliphatic rings. The highest BCUT2D eigenvalue weighted by Crippen LogP contribution is 2.40. The number of nitrogens with one attached hydrogen (secondary N) is 1. The first-order valence-corrected chi connectivity index (χ1v) is 26.2. The van der Waals surface area contributed by atoms with Crippen LogP contribution in [0.4, 0.5) is 0 Å². The summed E-state index contributed by atoms with van der Waals surface area (Å²) in [5.74, 6) is -3.37. The fourth-order valence-electron chi connectivity index (χ4n) is 11.0. The molecule has 19 heteroatoms. The number of amides is 1. The first-order chi connectivity index (χ1) is 33.2. The van der Waals surface area contributed by atoms with Crippen LogP contribution in [0.3, 0.4) is 0 Å². The standard InChI is InChI=1S/C52H91N5O13S/c1-14-39-52(10,64)44(60)35(6)57(25-18-24-56(26-22-40(53)58)49(71)54-23-21-37-19-16-15-17-20-37)30-31(2)28-50(8,63)46(70-48-42(59)38(55(11)12)27-32(3)66-48)33(4)43(34(5)47(62)68-39)69-41-29-51(9,65-13)45(61)36(7)67-41/h15-17,19-20,31-36,38-39,41-46,48,59-61,63-64H,14,18,21-30H2,1-13H3,(H2,53,58)(H,54,71)/t31-,32-,33+,34-,35-,36+,38+,39-,41+,42-,43+,44-,45+,46-,48+,50-,51-,52-/m1/s1. The summed E-state index contributed by atoms with van der Waals surface area (Å²) in [4.78, 5) is 32.5. The van der Waals surface area contributed by atoms with Gasteiger partial charge in [0.2, 0.25) is 5.91 Å². The van der Waals surface area contributed by atoms with Gasteiger partial charge < -0.3 is 74.8 Å². The molecule has 0 aromatic heterocycles. The van der Waals surface area contributed by atoms with E-state index in [-0.39, 0.29) is 43.7 Å². The van der Waals surface area contributed by atoms with Crippen LogP contribution in [0.15, 0.2) is 30.3 Å². The second-order valence-electron chi connectivity index (χ2n) is 21.7. The number of thiocarbonyl (C=S) groups is 1. The Morgan fingerprint density at radius 1 is 0.972 bits per heavy atom. The van der Waals surface area contributed by atoms with Gasteiger partial charge in [-0.3, -0.25) is 14.5 Å². The number of benzene rings is 1. The highest BCUT2D eigenvalue weighted by molar-refractivity contribution is 7.80. The summed E-state index contributed by atoms with van der Waals surface area (Å²) in [6.07, 6.45) is -7.79. The van der Waals surface area contributed by atoms with Gasteiger partial charge in [0.1, 0.15) is 30.0 Å². The molecular weight excluding hydrogens is 935 g/mol. The van der Waals surface area contributed by atoms with E-state index in [4.69, 9.17) is 46.4 Å². The summed E-state index contributed by atoms with van der Waals surface area (Å²) in [5, 5.41) is 64.2. The third-order valence-corrected chi connectivity index (χ3v) is 15.8. The lowest BCUT2D eigenvalue weighted by Crippen LogP contribution is -2.60. The van der Waals surface area contributed by atoms with Crippen molar-refractivity contribution >= 4 is 29.2 Å². The van der Waals surface area contributed by atoms with Crippen LogP contribution in [0.25, 0.3) is 0 Å². The molecule has 0 saturated carbocycles. The fraction of sp³-hybridized carbons (Fsp3) is 0.827. The van der Waals surface area contributed by atoms with Crippen molar-refractivity contribution in [1.82, 2.24) is 20.0 Å². The molecule has 8 N–H and O–H groups in total. The van der Waals surface area contributed by atoms with E-state index in [9.17, 15) is 35.1 Å². The number of aliphatic hydroxyl groups is 5. The largest absolute Gasteiger partial charge is 0.459 e. The topological polar surface area (TPSA) is 238 Å². The van der Waals surface area contributed by atoms with Gasteiger partial charge in [-0.1, -0.05) is 51.1 Å². The van der Waals surface area contributed by atoms with E-state index < -0.39 is 102 Å². The Balaban J connectivity index is 1.74. The molecule has 0 bridgehead atoms. The smallest absolute Gasteiger partial charge is 0.311 e. The van der Waals surface area contributed by atoms with Crippen LogP contribution in [0, 0.1) is 17.8 Å². The van der Waals surface area contributed by atoms with Crippen molar-refractivity contribution < 1.29 is 63.5 Å². The number of primary amides is 1. The molecule has 1 amide bonds. The predicted octanol–water partition coefficient (Wildman–Crippen LogP) is 2.96.